The molecule has 1 unspecified atom stereocenters. The van der Waals surface area contributed by atoms with Gasteiger partial charge in [0, 0.05) is 30.7 Å². The topological polar surface area (TPSA) is 32.6 Å². The van der Waals surface area contributed by atoms with Crippen molar-refractivity contribution < 1.29 is 0 Å². The number of hydrogen-bond acceptors (Lipinski definition) is 4. The Hall–Kier alpha value is -1.07. The molecule has 0 aliphatic carbocycles. The molecule has 1 N–H and O–H groups in total. The Morgan fingerprint density at radius 2 is 2.30 bits per heavy atom. The molecule has 3 rings (SSSR count). The molecule has 0 bridgehead atoms. The van der Waals surface area contributed by atoms with Crippen LogP contribution in [0.5, 0.6) is 0 Å². The third-order valence-corrected chi connectivity index (χ3v) is 4.96. The van der Waals surface area contributed by atoms with Crippen molar-refractivity contribution in [2.45, 2.75) is 52.1 Å². The van der Waals surface area contributed by atoms with Crippen molar-refractivity contribution >= 4 is 22.1 Å². The number of thiazole rings is 1. The van der Waals surface area contributed by atoms with Crippen molar-refractivity contribution in [2.24, 2.45) is 0 Å². The first-order chi connectivity index (χ1) is 9.81. The zero-order chi connectivity index (χ0) is 13.9. The number of anilines is 1. The third-order valence-electron chi connectivity index (χ3n) is 4.21. The zero-order valence-corrected chi connectivity index (χ0v) is 13.2. The van der Waals surface area contributed by atoms with Crippen LogP contribution in [0, 0.1) is 0 Å². The second-order valence-electron chi connectivity index (χ2n) is 5.61. The number of nitrogens with zero attached hydrogens (tertiary/aromatic N) is 3. The molecule has 2 aromatic heterocycles. The molecule has 0 aromatic carbocycles. The largest absolute Gasteiger partial charge is 0.352 e. The van der Waals surface area contributed by atoms with Gasteiger partial charge in [0.2, 0.25) is 0 Å². The van der Waals surface area contributed by atoms with Gasteiger partial charge in [0.1, 0.15) is 0 Å². The molecule has 0 amide bonds. The fraction of sp³-hybridized carbons (Fsp3) is 0.667. The van der Waals surface area contributed by atoms with E-state index in [1.165, 1.54) is 37.2 Å². The lowest BCUT2D eigenvalue weighted by atomic mass is 10.1. The molecule has 0 radical (unpaired) electrons. The van der Waals surface area contributed by atoms with Gasteiger partial charge in [-0.2, -0.15) is 0 Å². The van der Waals surface area contributed by atoms with E-state index in [0.29, 0.717) is 6.04 Å². The van der Waals surface area contributed by atoms with Crippen LogP contribution in [0.1, 0.15) is 45.2 Å². The van der Waals surface area contributed by atoms with Gasteiger partial charge in [-0.3, -0.25) is 4.40 Å². The molecule has 110 valence electrons. The van der Waals surface area contributed by atoms with E-state index in [4.69, 9.17) is 4.98 Å². The minimum Gasteiger partial charge on any atom is -0.352 e. The van der Waals surface area contributed by atoms with Gasteiger partial charge in [-0.1, -0.05) is 19.8 Å². The van der Waals surface area contributed by atoms with E-state index >= 15 is 0 Å². The number of aromatic nitrogens is 2. The smallest absolute Gasteiger partial charge is 0.195 e. The summed E-state index contributed by atoms with van der Waals surface area (Å²) in [4.78, 5) is 8.55. The van der Waals surface area contributed by atoms with Crippen LogP contribution in [0.4, 0.5) is 5.82 Å². The minimum atomic E-state index is 0.600. The van der Waals surface area contributed by atoms with Crippen LogP contribution in [0.15, 0.2) is 11.6 Å². The van der Waals surface area contributed by atoms with Gasteiger partial charge < -0.3 is 10.2 Å². The van der Waals surface area contributed by atoms with Crippen LogP contribution in [0.25, 0.3) is 4.96 Å². The Bertz CT molecular complexity index is 559. The fourth-order valence-corrected chi connectivity index (χ4v) is 3.78. The van der Waals surface area contributed by atoms with Crippen molar-refractivity contribution in [1.82, 2.24) is 14.7 Å². The standard InChI is InChI=1S/C15H24N4S/c1-3-16-11-13-14(17-15-19(13)9-10-20-15)18-8-6-4-5-7-12(18)2/h9-10,12,16H,3-8,11H2,1-2H3. The lowest BCUT2D eigenvalue weighted by molar-refractivity contribution is 0.606. The summed E-state index contributed by atoms with van der Waals surface area (Å²) in [6.45, 7) is 7.53. The first kappa shape index (κ1) is 13.9. The van der Waals surface area contributed by atoms with Gasteiger partial charge >= 0.3 is 0 Å². The summed E-state index contributed by atoms with van der Waals surface area (Å²) in [5, 5.41) is 5.58. The van der Waals surface area contributed by atoms with Crippen LogP contribution >= 0.6 is 11.3 Å². The van der Waals surface area contributed by atoms with E-state index in [1.807, 2.05) is 0 Å². The normalized spacial score (nSPS) is 20.5. The molecule has 1 aliphatic heterocycles. The van der Waals surface area contributed by atoms with Crippen molar-refractivity contribution in [1.29, 1.82) is 0 Å². The second kappa shape index (κ2) is 6.14. The quantitative estimate of drug-likeness (QED) is 0.938. The van der Waals surface area contributed by atoms with Gasteiger partial charge in [-0.15, -0.1) is 11.3 Å². The average Bonchev–Trinajstić information content (AvgIpc) is 2.95. The Balaban J connectivity index is 1.97. The van der Waals surface area contributed by atoms with E-state index in [9.17, 15) is 0 Å². The number of nitrogens with one attached hydrogen (secondary N) is 1. The number of fused-ring (bicyclic) bond motifs is 1. The van der Waals surface area contributed by atoms with Crippen LogP contribution in [-0.4, -0.2) is 28.5 Å². The molecule has 1 atom stereocenters. The molecule has 0 saturated carbocycles. The van der Waals surface area contributed by atoms with Gasteiger partial charge in [-0.05, 0) is 26.3 Å². The first-order valence-corrected chi connectivity index (χ1v) is 8.61. The van der Waals surface area contributed by atoms with Crippen molar-refractivity contribution in [3.63, 3.8) is 0 Å². The van der Waals surface area contributed by atoms with Gasteiger partial charge in [-0.25, -0.2) is 4.98 Å². The van der Waals surface area contributed by atoms with Crippen LogP contribution in [0.2, 0.25) is 0 Å². The summed E-state index contributed by atoms with van der Waals surface area (Å²) in [6.07, 6.45) is 7.42. The lowest BCUT2D eigenvalue weighted by Crippen LogP contribution is -2.34. The van der Waals surface area contributed by atoms with E-state index < -0.39 is 0 Å². The van der Waals surface area contributed by atoms with Gasteiger partial charge in [0.05, 0.1) is 5.69 Å². The lowest BCUT2D eigenvalue weighted by Gasteiger charge is -2.28. The summed E-state index contributed by atoms with van der Waals surface area (Å²) in [6, 6.07) is 0.600. The summed E-state index contributed by atoms with van der Waals surface area (Å²) in [7, 11) is 0. The Morgan fingerprint density at radius 1 is 1.40 bits per heavy atom. The SMILES string of the molecule is CCNCc1c(N2CCCCCC2C)nc2sccn12. The number of rotatable bonds is 4. The highest BCUT2D eigenvalue weighted by Gasteiger charge is 2.23. The molecular weight excluding hydrogens is 268 g/mol. The van der Waals surface area contributed by atoms with E-state index in [0.717, 1.165) is 24.6 Å². The predicted molar refractivity (Wildman–Crippen MR) is 85.7 cm³/mol. The predicted octanol–water partition coefficient (Wildman–Crippen LogP) is 3.27. The monoisotopic (exact) mass is 292 g/mol. The molecule has 2 aromatic rings. The molecule has 1 saturated heterocycles. The highest BCUT2D eigenvalue weighted by molar-refractivity contribution is 7.15. The maximum atomic E-state index is 4.91. The number of hydrogen-bond donors (Lipinski definition) is 1. The maximum absolute atomic E-state index is 4.91. The number of imidazole rings is 1. The summed E-state index contributed by atoms with van der Waals surface area (Å²) in [5.74, 6) is 1.20. The average molecular weight is 292 g/mol. The molecule has 20 heavy (non-hydrogen) atoms. The molecule has 5 heteroatoms. The van der Waals surface area contributed by atoms with Gasteiger partial charge in [0.15, 0.2) is 10.8 Å². The Morgan fingerprint density at radius 3 is 3.15 bits per heavy atom. The van der Waals surface area contributed by atoms with Crippen LogP contribution in [0.3, 0.4) is 0 Å². The maximum Gasteiger partial charge on any atom is 0.195 e. The molecule has 1 fully saturated rings. The second-order valence-corrected chi connectivity index (χ2v) is 6.48. The zero-order valence-electron chi connectivity index (χ0n) is 12.4. The third kappa shape index (κ3) is 2.56. The summed E-state index contributed by atoms with van der Waals surface area (Å²) >= 11 is 1.72. The summed E-state index contributed by atoms with van der Waals surface area (Å²) in [5.41, 5.74) is 1.32. The van der Waals surface area contributed by atoms with Gasteiger partial charge in [0.25, 0.3) is 0 Å². The molecule has 3 heterocycles. The summed E-state index contributed by atoms with van der Waals surface area (Å²) < 4.78 is 2.25. The van der Waals surface area contributed by atoms with E-state index in [2.05, 4.69) is 40.0 Å². The Kier molecular flexibility index (Phi) is 4.27. The highest BCUT2D eigenvalue weighted by Crippen LogP contribution is 2.29. The fourth-order valence-electron chi connectivity index (χ4n) is 3.05. The van der Waals surface area contributed by atoms with Crippen molar-refractivity contribution in [3.8, 4) is 0 Å². The molecule has 1 aliphatic rings. The van der Waals surface area contributed by atoms with Crippen LogP contribution < -0.4 is 10.2 Å². The highest BCUT2D eigenvalue weighted by atomic mass is 32.1. The van der Waals surface area contributed by atoms with Crippen molar-refractivity contribution in [2.75, 3.05) is 18.0 Å². The minimum absolute atomic E-state index is 0.600. The van der Waals surface area contributed by atoms with E-state index in [-0.39, 0.29) is 0 Å². The Labute approximate surface area is 124 Å². The van der Waals surface area contributed by atoms with Crippen molar-refractivity contribution in [3.05, 3.63) is 17.3 Å². The molecule has 0 spiro atoms. The van der Waals surface area contributed by atoms with Crippen LogP contribution in [-0.2, 0) is 6.54 Å². The molecule has 4 nitrogen and oxygen atoms in total. The van der Waals surface area contributed by atoms with E-state index in [1.54, 1.807) is 11.3 Å². The first-order valence-electron chi connectivity index (χ1n) is 7.73. The molecular formula is C15H24N4S.